The van der Waals surface area contributed by atoms with Gasteiger partial charge in [0.2, 0.25) is 94.5 Å². The van der Waals surface area contributed by atoms with E-state index in [4.69, 9.17) is 45.9 Å². The van der Waals surface area contributed by atoms with Crippen LogP contribution in [0.2, 0.25) is 0 Å². The molecule has 42 nitrogen and oxygen atoms in total. The van der Waals surface area contributed by atoms with Gasteiger partial charge in [-0.15, -0.1) is 0 Å². The van der Waals surface area contributed by atoms with Gasteiger partial charge in [-0.25, -0.2) is 4.79 Å². The molecule has 0 saturated carbocycles. The lowest BCUT2D eigenvalue weighted by Crippen LogP contribution is -2.62. The molecule has 0 aliphatic heterocycles. The number of nitrogens with two attached hydrogens (primary N) is 8. The molecular weight excluding hydrogens is 1510 g/mol. The molecule has 0 heterocycles. The Hall–Kier alpha value is -9.59. The first-order chi connectivity index (χ1) is 53.4. The van der Waals surface area contributed by atoms with Gasteiger partial charge in [-0.3, -0.25) is 81.7 Å². The van der Waals surface area contributed by atoms with Crippen molar-refractivity contribution in [2.75, 3.05) is 38.5 Å². The first-order valence-electron chi connectivity index (χ1n) is 38.6. The Labute approximate surface area is 671 Å². The van der Waals surface area contributed by atoms with Crippen molar-refractivity contribution in [3.05, 3.63) is 0 Å². The van der Waals surface area contributed by atoms with Gasteiger partial charge in [0.1, 0.15) is 78.5 Å². The van der Waals surface area contributed by atoms with Gasteiger partial charge in [-0.2, -0.15) is 12.6 Å². The summed E-state index contributed by atoms with van der Waals surface area (Å²) in [4.78, 5) is 234. The van der Waals surface area contributed by atoms with Crippen LogP contribution in [0.1, 0.15) is 185 Å². The Morgan fingerprint density at radius 2 is 0.711 bits per heavy atom. The van der Waals surface area contributed by atoms with Crippen LogP contribution in [-0.2, 0) is 81.5 Å². The molecule has 0 rings (SSSR count). The number of aliphatic hydroxyl groups is 1. The van der Waals surface area contributed by atoms with Crippen LogP contribution in [0.25, 0.3) is 0 Å². The third-order valence-corrected chi connectivity index (χ3v) is 18.0. The number of rotatable bonds is 59. The van der Waals surface area contributed by atoms with Crippen LogP contribution in [0.4, 0.5) is 0 Å². The molecule has 0 aromatic rings. The van der Waals surface area contributed by atoms with Crippen LogP contribution in [0, 0.1) is 23.7 Å². The number of aliphatic carboxylic acids is 1. The van der Waals surface area contributed by atoms with E-state index in [-0.39, 0.29) is 126 Å². The number of nitrogens with one attached hydrogen (secondary N) is 14. The van der Waals surface area contributed by atoms with Gasteiger partial charge in [-0.1, -0.05) is 61.8 Å². The molecule has 43 heteroatoms. The summed E-state index contributed by atoms with van der Waals surface area (Å²) in [5.74, 6) is -18.3. The number of aliphatic imine (C=N–C) groups is 1. The van der Waals surface area contributed by atoms with Crippen LogP contribution in [0.15, 0.2) is 4.99 Å². The van der Waals surface area contributed by atoms with Crippen molar-refractivity contribution < 1.29 is 91.7 Å². The number of unbranched alkanes of at least 4 members (excludes halogenated alkanes) is 3. The number of carbonyl (C=O) groups is 17. The van der Waals surface area contributed by atoms with Crippen LogP contribution in [0.3, 0.4) is 0 Å². The number of hydrogen-bond donors (Lipinski definition) is 25. The van der Waals surface area contributed by atoms with Crippen molar-refractivity contribution in [2.45, 2.75) is 276 Å². The molecule has 0 bridgehead atoms. The molecule has 0 aromatic carbocycles. The third kappa shape index (κ3) is 42.5. The van der Waals surface area contributed by atoms with Gasteiger partial charge in [-0.05, 0) is 154 Å². The van der Waals surface area contributed by atoms with Crippen molar-refractivity contribution in [1.29, 1.82) is 0 Å². The first kappa shape index (κ1) is 104. The number of thiol groups is 1. The topological polar surface area (TPSA) is 720 Å². The fraction of sp³-hybridized carbons (Fsp3) is 0.746. The van der Waals surface area contributed by atoms with Crippen molar-refractivity contribution in [3.63, 3.8) is 0 Å². The minimum atomic E-state index is -1.83. The van der Waals surface area contributed by atoms with E-state index in [1.165, 1.54) is 13.8 Å². The lowest BCUT2D eigenvalue weighted by molar-refractivity contribution is -0.142. The second-order valence-electron chi connectivity index (χ2n) is 29.6. The minimum Gasteiger partial charge on any atom is -0.480 e. The highest BCUT2D eigenvalue weighted by atomic mass is 32.1. The van der Waals surface area contributed by atoms with E-state index in [9.17, 15) is 91.7 Å². The Bertz CT molecular complexity index is 3200. The molecule has 0 aliphatic carbocycles. The minimum absolute atomic E-state index is 0.0136. The van der Waals surface area contributed by atoms with Crippen molar-refractivity contribution in [2.24, 2.45) is 74.5 Å². The summed E-state index contributed by atoms with van der Waals surface area (Å²) in [6, 6.07) is -20.2. The second-order valence-corrected chi connectivity index (χ2v) is 29.9. The summed E-state index contributed by atoms with van der Waals surface area (Å²) in [6.45, 7) is 17.1. The fourth-order valence-electron chi connectivity index (χ4n) is 11.2. The second kappa shape index (κ2) is 55.8. The standard InChI is InChI=1S/C71H131N23O19S/c1-12-38(8)55(93-66(108)47(29-36(4)5)89-65(107)49(32-53(77)97)87-57(99)39(9)75)68(110)82-40(10)58(100)94-56(41(11)95)69(111)86-45(22-15-18-26-74)61(103)85-44(21-14-17-25-73)63(105)90-48(31-52(76)96)59(101)81-33-54(98)83-42(23-19-27-80-71(78)79)60(102)84-43(20-13-16-24-72)62(104)88-46(28-35(2)3)64(106)92-51(34-114)67(109)91-50(70(112)113)30-37(6)7/h35-51,55-56,95,114H,12-34,72-75H2,1-11H3,(H2,76,96)(H2,77,97)(H,81,101)(H,82,110)(H,83,98)(H,84,102)(H,85,103)(H,86,111)(H,87,99)(H,88,104)(H,89,107)(H,90,105)(H,91,109)(H,92,106)(H,93,108)(H,94,100)(H,112,113)(H4,78,79,80)/t38-,39-,40-,41+,42-,43-,44-,45-,46-,47-,48-,49-,50-,51-,55-,56-/m0/s1. The largest absolute Gasteiger partial charge is 0.480 e. The molecule has 114 heavy (non-hydrogen) atoms. The van der Waals surface area contributed by atoms with E-state index in [1.54, 1.807) is 55.4 Å². The number of aliphatic hydroxyl groups excluding tert-OH is 1. The quantitative estimate of drug-likeness (QED) is 0.0116. The third-order valence-electron chi connectivity index (χ3n) is 17.7. The molecular formula is C71H131N23O19S. The summed E-state index contributed by atoms with van der Waals surface area (Å²) in [7, 11) is 0. The summed E-state index contributed by atoms with van der Waals surface area (Å²) < 4.78 is 0. The van der Waals surface area contributed by atoms with Crippen LogP contribution < -0.4 is 120 Å². The van der Waals surface area contributed by atoms with Gasteiger partial charge in [0.25, 0.3) is 0 Å². The van der Waals surface area contributed by atoms with Gasteiger partial charge in [0.15, 0.2) is 5.96 Å². The molecule has 0 fully saturated rings. The highest BCUT2D eigenvalue weighted by Gasteiger charge is 2.39. The van der Waals surface area contributed by atoms with Crippen molar-refractivity contribution in [1.82, 2.24) is 74.4 Å². The summed E-state index contributed by atoms with van der Waals surface area (Å²) >= 11 is 4.21. The maximum atomic E-state index is 14.4. The molecule has 0 saturated heterocycles. The molecule has 16 amide bonds. The zero-order valence-corrected chi connectivity index (χ0v) is 68.5. The molecule has 650 valence electrons. The summed E-state index contributed by atoms with van der Waals surface area (Å²) in [5.41, 5.74) is 44.9. The lowest BCUT2D eigenvalue weighted by atomic mass is 9.96. The van der Waals surface area contributed by atoms with Crippen LogP contribution >= 0.6 is 12.6 Å². The average molecular weight is 1640 g/mol. The maximum absolute atomic E-state index is 14.4. The van der Waals surface area contributed by atoms with E-state index in [2.05, 4.69) is 92.1 Å². The van der Waals surface area contributed by atoms with E-state index in [0.717, 1.165) is 6.92 Å². The Morgan fingerprint density at radius 3 is 1.11 bits per heavy atom. The first-order valence-corrected chi connectivity index (χ1v) is 39.2. The molecule has 0 aromatic heterocycles. The molecule has 0 aliphatic rings. The van der Waals surface area contributed by atoms with Crippen molar-refractivity contribution in [3.8, 4) is 0 Å². The molecule has 32 N–H and O–H groups in total. The number of carbonyl (C=O) groups excluding carboxylic acids is 16. The van der Waals surface area contributed by atoms with E-state index in [1.807, 2.05) is 0 Å². The predicted molar refractivity (Wildman–Crippen MR) is 425 cm³/mol. The smallest absolute Gasteiger partial charge is 0.326 e. The highest BCUT2D eigenvalue weighted by Crippen LogP contribution is 2.16. The predicted octanol–water partition coefficient (Wildman–Crippen LogP) is -7.46. The monoisotopic (exact) mass is 1640 g/mol. The normalized spacial score (nSPS) is 15.4. The zero-order valence-electron chi connectivity index (χ0n) is 67.6. The van der Waals surface area contributed by atoms with Gasteiger partial charge in [0, 0.05) is 12.3 Å². The van der Waals surface area contributed by atoms with E-state index in [0.29, 0.717) is 25.7 Å². The summed E-state index contributed by atoms with van der Waals surface area (Å²) in [5, 5.41) is 55.5. The Morgan fingerprint density at radius 1 is 0.377 bits per heavy atom. The number of carboxylic acid groups (broad SMARTS) is 1. The Balaban J connectivity index is 6.92. The van der Waals surface area contributed by atoms with Crippen molar-refractivity contribution >= 4 is 119 Å². The molecule has 0 unspecified atom stereocenters. The molecule has 0 radical (unpaired) electrons. The SMILES string of the molecule is CC[C@H](C)[C@H](NC(=O)[C@H](CC(C)C)NC(=O)[C@H](CC(N)=O)NC(=O)[C@H](C)N)C(=O)N[C@@H](C)C(=O)N[C@H](C(=O)N[C@@H](CCCCN)C(=O)N[C@@H](CCCCN)C(=O)N[C@@H](CC(N)=O)C(=O)NCC(=O)N[C@@H](CCCN=C(N)N)C(=O)N[C@@H](CCCCN)C(=O)N[C@@H](CC(C)C)C(=O)N[C@@H](CS)C(=O)N[C@@H](CC(C)C)C(=O)O)[C@@H](C)O. The van der Waals surface area contributed by atoms with Crippen LogP contribution in [-0.4, -0.2) is 246 Å². The molecule has 16 atom stereocenters. The number of carboxylic acids is 1. The number of guanidine groups is 1. The highest BCUT2D eigenvalue weighted by molar-refractivity contribution is 7.80. The van der Waals surface area contributed by atoms with E-state index < -0.39 is 216 Å². The summed E-state index contributed by atoms with van der Waals surface area (Å²) in [6.07, 6.45) is -1.54. The number of primary amides is 2. The fourth-order valence-corrected chi connectivity index (χ4v) is 11.4. The van der Waals surface area contributed by atoms with Crippen LogP contribution in [0.5, 0.6) is 0 Å². The molecule has 0 spiro atoms. The number of hydrogen-bond acceptors (Lipinski definition) is 24. The lowest BCUT2D eigenvalue weighted by Gasteiger charge is -2.29. The Kier molecular flexibility index (Phi) is 51.1. The van der Waals surface area contributed by atoms with Gasteiger partial charge in [0.05, 0.1) is 31.5 Å². The maximum Gasteiger partial charge on any atom is 0.326 e. The average Bonchev–Trinajstić information content (AvgIpc) is 0.852. The number of amides is 16. The number of nitrogens with zero attached hydrogens (tertiary/aromatic N) is 1. The van der Waals surface area contributed by atoms with E-state index >= 15 is 0 Å². The zero-order chi connectivity index (χ0) is 87.2. The van der Waals surface area contributed by atoms with Gasteiger partial charge < -0.3 is 131 Å². The van der Waals surface area contributed by atoms with Gasteiger partial charge >= 0.3 is 5.97 Å².